The Balaban J connectivity index is 1.42. The van der Waals surface area contributed by atoms with E-state index in [0.29, 0.717) is 11.6 Å². The molecular weight excluding hydrogens is 452 g/mol. The van der Waals surface area contributed by atoms with Gasteiger partial charge in [0.1, 0.15) is 0 Å². The van der Waals surface area contributed by atoms with Crippen LogP contribution in [-0.2, 0) is 4.79 Å². The fourth-order valence-corrected chi connectivity index (χ4v) is 4.76. The van der Waals surface area contributed by atoms with Crippen molar-refractivity contribution >= 4 is 29.6 Å². The Kier molecular flexibility index (Phi) is 7.69. The highest BCUT2D eigenvalue weighted by Gasteiger charge is 2.24. The molecule has 1 heterocycles. The molecule has 4 rings (SSSR count). The van der Waals surface area contributed by atoms with Gasteiger partial charge < -0.3 is 0 Å². The van der Waals surface area contributed by atoms with Crippen molar-refractivity contribution < 1.29 is 9.72 Å². The number of thioether (sulfide) groups is 1. The molecule has 1 amide bonds. The van der Waals surface area contributed by atoms with Crippen LogP contribution in [0.25, 0.3) is 11.4 Å². The molecule has 0 unspecified atom stereocenters. The van der Waals surface area contributed by atoms with Gasteiger partial charge in [0.05, 0.1) is 16.9 Å². The Labute approximate surface area is 201 Å². The van der Waals surface area contributed by atoms with Crippen molar-refractivity contribution in [1.82, 2.24) is 20.2 Å². The third-order valence-corrected chi connectivity index (χ3v) is 6.70. The molecule has 10 heteroatoms. The van der Waals surface area contributed by atoms with Gasteiger partial charge in [0.25, 0.3) is 11.6 Å². The van der Waals surface area contributed by atoms with E-state index in [0.717, 1.165) is 29.4 Å². The molecule has 0 radical (unpaired) electrons. The molecule has 1 aromatic heterocycles. The molecule has 176 valence electrons. The van der Waals surface area contributed by atoms with Crippen LogP contribution < -0.4 is 5.43 Å². The third kappa shape index (κ3) is 5.88. The fourth-order valence-electron chi connectivity index (χ4n) is 3.97. The van der Waals surface area contributed by atoms with E-state index in [-0.39, 0.29) is 17.3 Å². The van der Waals surface area contributed by atoms with Crippen LogP contribution in [0, 0.1) is 17.0 Å². The van der Waals surface area contributed by atoms with E-state index in [1.807, 2.05) is 0 Å². The van der Waals surface area contributed by atoms with E-state index in [1.54, 1.807) is 12.1 Å². The van der Waals surface area contributed by atoms with Gasteiger partial charge in [-0.3, -0.25) is 19.5 Å². The SMILES string of the molecule is Cc1ccc(-c2nnc(SCC(=O)N/N=C\c3ccc([N+](=O)[O-])cc3)n2C2CCCCC2)cc1. The molecule has 3 aromatic rings. The van der Waals surface area contributed by atoms with E-state index in [4.69, 9.17) is 0 Å². The molecule has 0 saturated heterocycles. The number of benzene rings is 2. The number of hydrogen-bond acceptors (Lipinski definition) is 7. The minimum absolute atomic E-state index is 0.00432. The average Bonchev–Trinajstić information content (AvgIpc) is 3.28. The van der Waals surface area contributed by atoms with Crippen LogP contribution in [0.5, 0.6) is 0 Å². The summed E-state index contributed by atoms with van der Waals surface area (Å²) in [7, 11) is 0. The summed E-state index contributed by atoms with van der Waals surface area (Å²) in [5.41, 5.74) is 5.37. The number of hydrogen-bond donors (Lipinski definition) is 1. The van der Waals surface area contributed by atoms with Crippen LogP contribution in [-0.4, -0.2) is 37.6 Å². The van der Waals surface area contributed by atoms with Gasteiger partial charge in [-0.15, -0.1) is 10.2 Å². The molecule has 1 aliphatic rings. The van der Waals surface area contributed by atoms with Crippen molar-refractivity contribution in [3.8, 4) is 11.4 Å². The molecule has 0 atom stereocenters. The lowest BCUT2D eigenvalue weighted by Crippen LogP contribution is -2.20. The van der Waals surface area contributed by atoms with E-state index in [1.165, 1.54) is 54.9 Å². The third-order valence-electron chi connectivity index (χ3n) is 5.75. The number of amides is 1. The monoisotopic (exact) mass is 478 g/mol. The smallest absolute Gasteiger partial charge is 0.269 e. The van der Waals surface area contributed by atoms with E-state index < -0.39 is 4.92 Å². The van der Waals surface area contributed by atoms with Gasteiger partial charge in [0, 0.05) is 23.7 Å². The summed E-state index contributed by atoms with van der Waals surface area (Å²) in [6, 6.07) is 14.5. The van der Waals surface area contributed by atoms with Crippen molar-refractivity contribution in [3.05, 3.63) is 69.8 Å². The van der Waals surface area contributed by atoms with Crippen LogP contribution in [0.4, 0.5) is 5.69 Å². The minimum Gasteiger partial charge on any atom is -0.299 e. The summed E-state index contributed by atoms with van der Waals surface area (Å²) in [5.74, 6) is 0.723. The largest absolute Gasteiger partial charge is 0.299 e. The predicted octanol–water partition coefficient (Wildman–Crippen LogP) is 4.91. The Morgan fingerprint density at radius 2 is 1.85 bits per heavy atom. The van der Waals surface area contributed by atoms with Gasteiger partial charge in [-0.1, -0.05) is 60.9 Å². The van der Waals surface area contributed by atoms with Gasteiger partial charge in [0.2, 0.25) is 0 Å². The number of aromatic nitrogens is 3. The zero-order valence-corrected chi connectivity index (χ0v) is 19.7. The number of carbonyl (C=O) groups is 1. The van der Waals surface area contributed by atoms with Crippen molar-refractivity contribution in [2.24, 2.45) is 5.10 Å². The maximum absolute atomic E-state index is 12.4. The van der Waals surface area contributed by atoms with Crippen LogP contribution in [0.1, 0.15) is 49.3 Å². The van der Waals surface area contributed by atoms with Crippen molar-refractivity contribution in [3.63, 3.8) is 0 Å². The number of nitrogens with zero attached hydrogens (tertiary/aromatic N) is 5. The summed E-state index contributed by atoms with van der Waals surface area (Å²) in [6.45, 7) is 2.06. The maximum atomic E-state index is 12.4. The molecule has 1 saturated carbocycles. The first kappa shape index (κ1) is 23.6. The number of nitro groups is 1. The number of non-ortho nitro benzene ring substituents is 1. The lowest BCUT2D eigenvalue weighted by molar-refractivity contribution is -0.384. The highest BCUT2D eigenvalue weighted by atomic mass is 32.2. The summed E-state index contributed by atoms with van der Waals surface area (Å²) < 4.78 is 2.20. The van der Waals surface area contributed by atoms with E-state index >= 15 is 0 Å². The first-order chi connectivity index (χ1) is 16.5. The number of nitrogens with one attached hydrogen (secondary N) is 1. The summed E-state index contributed by atoms with van der Waals surface area (Å²) in [5, 5.41) is 24.3. The zero-order chi connectivity index (χ0) is 23.9. The predicted molar refractivity (Wildman–Crippen MR) is 132 cm³/mol. The molecule has 0 bridgehead atoms. The van der Waals surface area contributed by atoms with Crippen LogP contribution >= 0.6 is 11.8 Å². The topological polar surface area (TPSA) is 115 Å². The van der Waals surface area contributed by atoms with Crippen molar-refractivity contribution in [2.45, 2.75) is 50.2 Å². The fraction of sp³-hybridized carbons (Fsp3) is 0.333. The van der Waals surface area contributed by atoms with Gasteiger partial charge in [-0.05, 0) is 37.5 Å². The second-order valence-electron chi connectivity index (χ2n) is 8.26. The second-order valence-corrected chi connectivity index (χ2v) is 9.21. The highest BCUT2D eigenvalue weighted by molar-refractivity contribution is 7.99. The van der Waals surface area contributed by atoms with Crippen LogP contribution in [0.3, 0.4) is 0 Å². The van der Waals surface area contributed by atoms with Crippen molar-refractivity contribution in [1.29, 1.82) is 0 Å². The molecule has 0 aliphatic heterocycles. The molecule has 34 heavy (non-hydrogen) atoms. The van der Waals surface area contributed by atoms with Gasteiger partial charge in [-0.25, -0.2) is 5.43 Å². The first-order valence-electron chi connectivity index (χ1n) is 11.2. The summed E-state index contributed by atoms with van der Waals surface area (Å²) in [6.07, 6.45) is 7.21. The number of rotatable bonds is 8. The number of aryl methyl sites for hydroxylation is 1. The van der Waals surface area contributed by atoms with E-state index in [2.05, 4.69) is 56.5 Å². The number of nitro benzene ring substituents is 1. The normalized spacial score (nSPS) is 14.4. The molecular formula is C24H26N6O3S. The lowest BCUT2D eigenvalue weighted by Gasteiger charge is -2.25. The van der Waals surface area contributed by atoms with Gasteiger partial charge >= 0.3 is 0 Å². The molecule has 1 N–H and O–H groups in total. The Morgan fingerprint density at radius 1 is 1.15 bits per heavy atom. The van der Waals surface area contributed by atoms with Crippen LogP contribution in [0.15, 0.2) is 58.8 Å². The lowest BCUT2D eigenvalue weighted by atomic mass is 9.95. The Hall–Kier alpha value is -3.53. The zero-order valence-electron chi connectivity index (χ0n) is 18.9. The quantitative estimate of drug-likeness (QED) is 0.213. The van der Waals surface area contributed by atoms with Crippen molar-refractivity contribution in [2.75, 3.05) is 5.75 Å². The molecule has 9 nitrogen and oxygen atoms in total. The minimum atomic E-state index is -0.462. The molecule has 0 spiro atoms. The van der Waals surface area contributed by atoms with Gasteiger partial charge in [0.15, 0.2) is 11.0 Å². The van der Waals surface area contributed by atoms with E-state index in [9.17, 15) is 14.9 Å². The number of hydrazone groups is 1. The Bertz CT molecular complexity index is 1170. The summed E-state index contributed by atoms with van der Waals surface area (Å²) >= 11 is 1.35. The second kappa shape index (κ2) is 11.1. The first-order valence-corrected chi connectivity index (χ1v) is 12.2. The summed E-state index contributed by atoms with van der Waals surface area (Å²) in [4.78, 5) is 22.6. The standard InChI is InChI=1S/C24H26N6O3S/c1-17-7-11-19(12-8-17)23-27-28-24(29(23)20-5-3-2-4-6-20)34-16-22(31)26-25-15-18-9-13-21(14-10-18)30(32)33/h7-15,20H,2-6,16H2,1H3,(H,26,31)/b25-15-. The number of carbonyl (C=O) groups excluding carboxylic acids is 1. The van der Waals surface area contributed by atoms with Crippen LogP contribution in [0.2, 0.25) is 0 Å². The van der Waals surface area contributed by atoms with Gasteiger partial charge in [-0.2, -0.15) is 5.10 Å². The average molecular weight is 479 g/mol. The molecule has 1 fully saturated rings. The Morgan fingerprint density at radius 3 is 2.53 bits per heavy atom. The molecule has 2 aromatic carbocycles. The highest BCUT2D eigenvalue weighted by Crippen LogP contribution is 2.35. The maximum Gasteiger partial charge on any atom is 0.269 e. The molecule has 1 aliphatic carbocycles.